The molecule has 1 rings (SSSR count). The zero-order valence-electron chi connectivity index (χ0n) is 17.3. The average Bonchev–Trinajstić information content (AvgIpc) is 2.54. The van der Waals surface area contributed by atoms with Crippen molar-refractivity contribution in [3.8, 4) is 5.75 Å². The molecule has 0 radical (unpaired) electrons. The molecular weight excluding hydrogens is 292 g/mol. The quantitative estimate of drug-likeness (QED) is 0.446. The Balaban J connectivity index is 3.15. The Kier molecular flexibility index (Phi) is 7.83. The molecule has 1 nitrogen and oxygen atoms in total. The van der Waals surface area contributed by atoms with Crippen molar-refractivity contribution >= 4 is 0 Å². The van der Waals surface area contributed by atoms with Crippen LogP contribution in [0.25, 0.3) is 0 Å². The smallest absolute Gasteiger partial charge is 0.119 e. The minimum Gasteiger partial charge on any atom is -0.508 e. The standard InChI is InChI=1S/C23H40O/c1-8-11-12-13-14-15-18-16-21(24)20(23(6,7)10-3)17-19(18)22(4,5)9-2/h16-17,24H,8-15H2,1-7H3. The average molecular weight is 333 g/mol. The van der Waals surface area contributed by atoms with Crippen LogP contribution in [0, 0.1) is 0 Å². The van der Waals surface area contributed by atoms with Crippen LogP contribution in [0.4, 0.5) is 0 Å². The molecule has 0 fully saturated rings. The van der Waals surface area contributed by atoms with Crippen molar-refractivity contribution in [2.24, 2.45) is 0 Å². The molecule has 1 aromatic carbocycles. The molecule has 0 aromatic heterocycles. The maximum atomic E-state index is 10.7. The van der Waals surface area contributed by atoms with Gasteiger partial charge in [-0.1, -0.05) is 80.2 Å². The summed E-state index contributed by atoms with van der Waals surface area (Å²) >= 11 is 0. The van der Waals surface area contributed by atoms with Crippen LogP contribution in [-0.2, 0) is 17.3 Å². The Hall–Kier alpha value is -0.980. The summed E-state index contributed by atoms with van der Waals surface area (Å²) in [5.74, 6) is 0.487. The Morgan fingerprint density at radius 2 is 1.29 bits per heavy atom. The highest BCUT2D eigenvalue weighted by atomic mass is 16.3. The second kappa shape index (κ2) is 8.92. The number of unbranched alkanes of at least 4 members (excludes halogenated alkanes) is 4. The lowest BCUT2D eigenvalue weighted by Gasteiger charge is -2.31. The number of aryl methyl sites for hydroxylation is 1. The third kappa shape index (κ3) is 5.26. The van der Waals surface area contributed by atoms with Crippen molar-refractivity contribution in [3.05, 3.63) is 28.8 Å². The fourth-order valence-corrected chi connectivity index (χ4v) is 3.31. The summed E-state index contributed by atoms with van der Waals surface area (Å²) in [5.41, 5.74) is 4.07. The largest absolute Gasteiger partial charge is 0.508 e. The van der Waals surface area contributed by atoms with E-state index < -0.39 is 0 Å². The van der Waals surface area contributed by atoms with Gasteiger partial charge in [-0.2, -0.15) is 0 Å². The van der Waals surface area contributed by atoms with Crippen molar-refractivity contribution in [3.63, 3.8) is 0 Å². The van der Waals surface area contributed by atoms with Crippen molar-refractivity contribution < 1.29 is 5.11 Å². The molecular formula is C23H40O. The first kappa shape index (κ1) is 21.1. The Bertz CT molecular complexity index is 511. The van der Waals surface area contributed by atoms with E-state index in [1.807, 2.05) is 0 Å². The summed E-state index contributed by atoms with van der Waals surface area (Å²) in [5, 5.41) is 10.7. The maximum absolute atomic E-state index is 10.7. The number of benzene rings is 1. The van der Waals surface area contributed by atoms with E-state index in [0.717, 1.165) is 24.8 Å². The molecule has 0 aliphatic heterocycles. The van der Waals surface area contributed by atoms with Crippen molar-refractivity contribution in [2.75, 3.05) is 0 Å². The number of phenols is 1. The van der Waals surface area contributed by atoms with Crippen LogP contribution >= 0.6 is 0 Å². The van der Waals surface area contributed by atoms with Gasteiger partial charge in [0.2, 0.25) is 0 Å². The van der Waals surface area contributed by atoms with Crippen LogP contribution in [0.5, 0.6) is 5.75 Å². The molecule has 138 valence electrons. The summed E-state index contributed by atoms with van der Waals surface area (Å²) in [7, 11) is 0. The summed E-state index contributed by atoms with van der Waals surface area (Å²) in [6.07, 6.45) is 9.71. The fraction of sp³-hybridized carbons (Fsp3) is 0.739. The Labute approximate surface area is 150 Å². The zero-order valence-corrected chi connectivity index (χ0v) is 17.3. The molecule has 24 heavy (non-hydrogen) atoms. The first-order valence-electron chi connectivity index (χ1n) is 10.1. The second-order valence-corrected chi connectivity index (χ2v) is 8.67. The van der Waals surface area contributed by atoms with E-state index in [1.165, 1.54) is 43.2 Å². The van der Waals surface area contributed by atoms with Gasteiger partial charge in [0, 0.05) is 0 Å². The summed E-state index contributed by atoms with van der Waals surface area (Å²) in [4.78, 5) is 0. The lowest BCUT2D eigenvalue weighted by Crippen LogP contribution is -2.22. The van der Waals surface area contributed by atoms with Crippen LogP contribution in [0.1, 0.15) is 110 Å². The van der Waals surface area contributed by atoms with Gasteiger partial charge in [-0.05, 0) is 59.3 Å². The monoisotopic (exact) mass is 332 g/mol. The number of hydrogen-bond acceptors (Lipinski definition) is 1. The van der Waals surface area contributed by atoms with Gasteiger partial charge < -0.3 is 5.11 Å². The van der Waals surface area contributed by atoms with Crippen molar-refractivity contribution in [1.29, 1.82) is 0 Å². The van der Waals surface area contributed by atoms with E-state index >= 15 is 0 Å². The second-order valence-electron chi connectivity index (χ2n) is 8.67. The van der Waals surface area contributed by atoms with E-state index in [0.29, 0.717) is 5.75 Å². The van der Waals surface area contributed by atoms with Crippen molar-refractivity contribution in [1.82, 2.24) is 0 Å². The van der Waals surface area contributed by atoms with Gasteiger partial charge in [0.25, 0.3) is 0 Å². The summed E-state index contributed by atoms with van der Waals surface area (Å²) in [6.45, 7) is 15.9. The SMILES string of the molecule is CCCCCCCc1cc(O)c(C(C)(C)CC)cc1C(C)(C)CC. The number of aromatic hydroxyl groups is 1. The minimum atomic E-state index is 0.0162. The van der Waals surface area contributed by atoms with E-state index in [2.05, 4.69) is 60.6 Å². The van der Waals surface area contributed by atoms with Crippen LogP contribution in [0.3, 0.4) is 0 Å². The molecule has 0 amide bonds. The van der Waals surface area contributed by atoms with Crippen LogP contribution < -0.4 is 0 Å². The third-order valence-corrected chi connectivity index (χ3v) is 6.00. The lowest BCUT2D eigenvalue weighted by atomic mass is 9.74. The molecule has 1 aromatic rings. The molecule has 0 aliphatic rings. The molecule has 0 heterocycles. The molecule has 0 spiro atoms. The van der Waals surface area contributed by atoms with E-state index in [1.54, 1.807) is 0 Å². The molecule has 0 aliphatic carbocycles. The van der Waals surface area contributed by atoms with Gasteiger partial charge in [0.1, 0.15) is 5.75 Å². The van der Waals surface area contributed by atoms with Gasteiger partial charge in [0.15, 0.2) is 0 Å². The van der Waals surface area contributed by atoms with Crippen molar-refractivity contribution in [2.45, 2.75) is 111 Å². The van der Waals surface area contributed by atoms with Gasteiger partial charge in [-0.3, -0.25) is 0 Å². The molecule has 1 N–H and O–H groups in total. The Morgan fingerprint density at radius 3 is 1.83 bits per heavy atom. The zero-order chi connectivity index (χ0) is 18.4. The highest BCUT2D eigenvalue weighted by Crippen LogP contribution is 2.40. The van der Waals surface area contributed by atoms with Gasteiger partial charge in [0.05, 0.1) is 0 Å². The molecule has 0 bridgehead atoms. The van der Waals surface area contributed by atoms with Gasteiger partial charge in [-0.15, -0.1) is 0 Å². The van der Waals surface area contributed by atoms with E-state index in [4.69, 9.17) is 0 Å². The third-order valence-electron chi connectivity index (χ3n) is 6.00. The summed E-state index contributed by atoms with van der Waals surface area (Å²) < 4.78 is 0. The first-order chi connectivity index (χ1) is 11.2. The van der Waals surface area contributed by atoms with Crippen LogP contribution in [0.2, 0.25) is 0 Å². The predicted octanol–water partition coefficient (Wildman–Crippen LogP) is 7.28. The predicted molar refractivity (Wildman–Crippen MR) is 107 cm³/mol. The highest BCUT2D eigenvalue weighted by molar-refractivity contribution is 5.48. The Morgan fingerprint density at radius 1 is 0.750 bits per heavy atom. The first-order valence-corrected chi connectivity index (χ1v) is 10.1. The fourth-order valence-electron chi connectivity index (χ4n) is 3.31. The van der Waals surface area contributed by atoms with Crippen LogP contribution in [0.15, 0.2) is 12.1 Å². The highest BCUT2D eigenvalue weighted by Gasteiger charge is 2.28. The number of phenolic OH excluding ortho intramolecular Hbond substituents is 1. The molecule has 0 atom stereocenters. The van der Waals surface area contributed by atoms with E-state index in [9.17, 15) is 5.11 Å². The maximum Gasteiger partial charge on any atom is 0.119 e. The minimum absolute atomic E-state index is 0.0162. The topological polar surface area (TPSA) is 20.2 Å². The van der Waals surface area contributed by atoms with Gasteiger partial charge >= 0.3 is 0 Å². The summed E-state index contributed by atoms with van der Waals surface area (Å²) in [6, 6.07) is 4.38. The number of hydrogen-bond donors (Lipinski definition) is 1. The lowest BCUT2D eigenvalue weighted by molar-refractivity contribution is 0.423. The molecule has 0 saturated heterocycles. The number of rotatable bonds is 10. The van der Waals surface area contributed by atoms with Gasteiger partial charge in [-0.25, -0.2) is 0 Å². The normalized spacial score (nSPS) is 12.6. The molecule has 1 heteroatoms. The van der Waals surface area contributed by atoms with E-state index in [-0.39, 0.29) is 10.8 Å². The van der Waals surface area contributed by atoms with Crippen LogP contribution in [-0.4, -0.2) is 5.11 Å². The molecule has 0 unspecified atom stereocenters. The molecule has 0 saturated carbocycles.